The van der Waals surface area contributed by atoms with Gasteiger partial charge >= 0.3 is 5.97 Å². The number of aliphatic carboxylic acids is 1. The topological polar surface area (TPSA) is 509 Å². The van der Waals surface area contributed by atoms with Gasteiger partial charge in [-0.2, -0.15) is 0 Å². The average molecular weight is 1310 g/mol. The zero-order valence-electron chi connectivity index (χ0n) is 52.7. The minimum atomic E-state index is -1.38. The van der Waals surface area contributed by atoms with Gasteiger partial charge in [0, 0.05) is 72.8 Å². The van der Waals surface area contributed by atoms with E-state index >= 15 is 0 Å². The summed E-state index contributed by atoms with van der Waals surface area (Å²) in [5, 5.41) is 63.1. The number of hydrogen-bond donors (Lipinski definition) is 19. The van der Waals surface area contributed by atoms with E-state index in [-0.39, 0.29) is 150 Å². The molecule has 0 aliphatic rings. The van der Waals surface area contributed by atoms with Gasteiger partial charge < -0.3 is 105 Å². The first-order valence-electron chi connectivity index (χ1n) is 29.6. The summed E-state index contributed by atoms with van der Waals surface area (Å²) >= 11 is 0. The first kappa shape index (κ1) is 71.9. The number of anilines is 4. The van der Waals surface area contributed by atoms with Gasteiger partial charge in [0.05, 0.1) is 50.7 Å². The Bertz CT molecular complexity index is 3840. The average Bonchev–Trinajstić information content (AvgIpc) is 1.87. The van der Waals surface area contributed by atoms with Crippen LogP contribution in [0.2, 0.25) is 0 Å². The molecule has 0 saturated heterocycles. The van der Waals surface area contributed by atoms with Crippen LogP contribution in [0.5, 0.6) is 23.0 Å². The first-order valence-corrected chi connectivity index (χ1v) is 29.6. The molecule has 0 aliphatic heterocycles. The van der Waals surface area contributed by atoms with Gasteiger partial charge in [-0.15, -0.1) is 0 Å². The number of amides is 8. The summed E-state index contributed by atoms with van der Waals surface area (Å²) in [4.78, 5) is 127. The number of carboxylic acid groups (broad SMARTS) is 1. The number of aromatic nitrogens is 1. The number of H-pyrrole nitrogens is 1. The Labute approximate surface area is 545 Å². The highest BCUT2D eigenvalue weighted by molar-refractivity contribution is 6.08. The number of nitrogens with two attached hydrogens (primary N) is 3. The molecule has 8 amide bonds. The number of hydrogen-bond acceptors (Lipinski definition) is 16. The summed E-state index contributed by atoms with van der Waals surface area (Å²) in [5.41, 5.74) is 17.9. The third kappa shape index (κ3) is 21.2. The summed E-state index contributed by atoms with van der Waals surface area (Å²) in [7, 11) is 5.24. The van der Waals surface area contributed by atoms with Crippen molar-refractivity contribution < 1.29 is 67.2 Å². The lowest BCUT2D eigenvalue weighted by molar-refractivity contribution is -0.139. The highest BCUT2D eigenvalue weighted by Crippen LogP contribution is 2.29. The number of carbonyl (C=O) groups is 9. The maximum absolute atomic E-state index is 14.4. The Balaban J connectivity index is 1.21. The number of methoxy groups -OCH3 is 4. The molecule has 0 aliphatic carbocycles. The molecular weight excluding hydrogens is 1230 g/mol. The lowest BCUT2D eigenvalue weighted by atomic mass is 10.0. The monoisotopic (exact) mass is 1310 g/mol. The van der Waals surface area contributed by atoms with Crippen LogP contribution in [-0.4, -0.2) is 153 Å². The number of para-hydroxylation sites is 1. The Kier molecular flexibility index (Phi) is 26.4. The number of benzene rings is 5. The number of fused-ring (bicyclic) bond motifs is 1. The van der Waals surface area contributed by atoms with Gasteiger partial charge in [-0.05, 0) is 123 Å². The van der Waals surface area contributed by atoms with Gasteiger partial charge in [-0.1, -0.05) is 18.2 Å². The van der Waals surface area contributed by atoms with Gasteiger partial charge in [0.15, 0.2) is 17.9 Å². The molecule has 22 N–H and O–H groups in total. The number of carbonyl (C=O) groups excluding carboxylic acids is 8. The minimum Gasteiger partial charge on any atom is -0.496 e. The van der Waals surface area contributed by atoms with E-state index in [0.29, 0.717) is 5.56 Å². The van der Waals surface area contributed by atoms with Gasteiger partial charge in [0.2, 0.25) is 23.6 Å². The second-order valence-corrected chi connectivity index (χ2v) is 21.3. The quantitative estimate of drug-likeness (QED) is 0.0157. The molecule has 0 spiro atoms. The van der Waals surface area contributed by atoms with Crippen LogP contribution in [0.25, 0.3) is 10.9 Å². The Morgan fingerprint density at radius 1 is 0.463 bits per heavy atom. The maximum Gasteiger partial charge on any atom is 0.326 e. The molecule has 6 rings (SSSR count). The molecule has 32 nitrogen and oxygen atoms in total. The molecule has 32 heteroatoms. The van der Waals surface area contributed by atoms with Crippen molar-refractivity contribution in [1.82, 2.24) is 42.2 Å². The van der Waals surface area contributed by atoms with E-state index in [1.54, 1.807) is 12.3 Å². The van der Waals surface area contributed by atoms with Crippen LogP contribution in [0.3, 0.4) is 0 Å². The predicted molar refractivity (Wildman–Crippen MR) is 354 cm³/mol. The predicted octanol–water partition coefficient (Wildman–Crippen LogP) is 2.59. The van der Waals surface area contributed by atoms with Crippen LogP contribution in [0.4, 0.5) is 22.7 Å². The van der Waals surface area contributed by atoms with Gasteiger partial charge in [0.1, 0.15) is 47.2 Å². The van der Waals surface area contributed by atoms with Crippen LogP contribution < -0.4 is 94.6 Å². The lowest BCUT2D eigenvalue weighted by Gasteiger charge is -2.22. The Hall–Kier alpha value is -12.1. The van der Waals surface area contributed by atoms with Crippen LogP contribution in [-0.2, 0) is 30.4 Å². The third-order valence-corrected chi connectivity index (χ3v) is 14.4. The van der Waals surface area contributed by atoms with E-state index in [1.165, 1.54) is 108 Å². The molecule has 1 aromatic heterocycles. The first-order chi connectivity index (χ1) is 45.4. The van der Waals surface area contributed by atoms with E-state index in [2.05, 4.69) is 63.5 Å². The van der Waals surface area contributed by atoms with E-state index in [1.807, 2.05) is 18.2 Å². The molecule has 504 valence electrons. The minimum absolute atomic E-state index is 0.00253. The summed E-state index contributed by atoms with van der Waals surface area (Å²) < 4.78 is 21.9. The Morgan fingerprint density at radius 3 is 1.08 bits per heavy atom. The summed E-state index contributed by atoms with van der Waals surface area (Å²) in [6.45, 7) is 1.69. The van der Waals surface area contributed by atoms with Crippen molar-refractivity contribution in [3.05, 3.63) is 131 Å². The fourth-order valence-electron chi connectivity index (χ4n) is 9.80. The molecule has 0 radical (unpaired) electrons. The summed E-state index contributed by atoms with van der Waals surface area (Å²) in [6, 6.07) is 18.7. The number of nitrogens with one attached hydrogen (secondary N) is 15. The highest BCUT2D eigenvalue weighted by Gasteiger charge is 2.30. The maximum atomic E-state index is 14.4. The van der Waals surface area contributed by atoms with Crippen molar-refractivity contribution in [1.29, 1.82) is 16.2 Å². The Morgan fingerprint density at radius 2 is 0.779 bits per heavy atom. The normalized spacial score (nSPS) is 11.9. The van der Waals surface area contributed by atoms with Crippen molar-refractivity contribution >= 4 is 105 Å². The molecule has 0 unspecified atom stereocenters. The van der Waals surface area contributed by atoms with Crippen LogP contribution in [0.1, 0.15) is 92.4 Å². The molecule has 6 aromatic rings. The van der Waals surface area contributed by atoms with E-state index in [9.17, 15) is 48.3 Å². The number of aromatic amines is 1. The van der Waals surface area contributed by atoms with Gasteiger partial charge in [-0.25, -0.2) is 4.79 Å². The molecular formula is C63H78N18O14. The van der Waals surface area contributed by atoms with E-state index in [4.69, 9.17) is 52.4 Å². The van der Waals surface area contributed by atoms with Crippen molar-refractivity contribution in [3.63, 3.8) is 0 Å². The second kappa shape index (κ2) is 34.9. The van der Waals surface area contributed by atoms with Crippen LogP contribution in [0, 0.1) is 16.2 Å². The smallest absolute Gasteiger partial charge is 0.326 e. The van der Waals surface area contributed by atoms with Crippen molar-refractivity contribution in [2.45, 2.75) is 76.0 Å². The number of ether oxygens (including phenoxy) is 4. The zero-order chi connectivity index (χ0) is 69.3. The molecule has 0 bridgehead atoms. The fourth-order valence-corrected chi connectivity index (χ4v) is 9.80. The molecule has 1 heterocycles. The molecule has 4 atom stereocenters. The van der Waals surface area contributed by atoms with Gasteiger partial charge in [-0.3, -0.25) is 54.6 Å². The van der Waals surface area contributed by atoms with E-state index in [0.717, 1.165) is 10.9 Å². The molecule has 0 fully saturated rings. The van der Waals surface area contributed by atoms with Crippen molar-refractivity contribution in [3.8, 4) is 23.0 Å². The summed E-state index contributed by atoms with van der Waals surface area (Å²) in [6.07, 6.45) is 2.13. The van der Waals surface area contributed by atoms with Gasteiger partial charge in [0.25, 0.3) is 23.6 Å². The number of guanidine groups is 3. The highest BCUT2D eigenvalue weighted by atomic mass is 16.5. The van der Waals surface area contributed by atoms with Crippen molar-refractivity contribution in [2.24, 2.45) is 17.2 Å². The van der Waals surface area contributed by atoms with Crippen molar-refractivity contribution in [2.75, 3.05) is 69.3 Å². The molecule has 95 heavy (non-hydrogen) atoms. The molecule has 5 aromatic carbocycles. The standard InChI is InChI=1S/C63H78N18O14/c1-33(82)74-35-16-20-49(92-2)40(28-35)53(83)78-45(13-8-24-70-61(64)65)57(87)75-36-17-21-50(93-3)41(29-36)54(84)79-46(14-9-25-71-62(66)67)58(88)76-37-18-22-51(94-4)42(30-37)55(85)80-47(15-10-26-72-63(68)69)59(89)77-38-19-23-52(95-5)43(31-38)56(86)81-48(60(90)91)27-34-32-73-44-12-7-6-11-39(34)44/h6-7,11-12,16-23,28-32,45-48,73H,8-10,13-15,24-27H2,1-5H3,(H,74,82)(H,75,87)(H,76,88)(H,77,89)(H,78,83)(H,79,84)(H,80,85)(H,81,86)(H,90,91)(H4,64,65,70)(H4,66,67,71)(H4,68,69,72)/t45-,46-,47-,48-/m1/s1. The SMILES string of the molecule is COc1ccc(NC(=O)[C@@H](CCCNC(=N)N)NC(=O)c2cc(NC(=O)[C@@H](CCCNC(=N)N)NC(=O)c3cc(NC(=O)[C@@H](CCCNC(=N)N)NC(=O)c4cc(NC(C)=O)ccc4OC)ccc3OC)ccc2OC)cc1C(=O)N[C@H](Cc1c[nH]c2ccccc12)C(=O)O. The largest absolute Gasteiger partial charge is 0.496 e. The third-order valence-electron chi connectivity index (χ3n) is 14.4. The number of rotatable bonds is 34. The van der Waals surface area contributed by atoms with E-state index < -0.39 is 77.4 Å². The zero-order valence-corrected chi connectivity index (χ0v) is 52.7. The summed E-state index contributed by atoms with van der Waals surface area (Å²) in [5.74, 6) is -7.98. The van der Waals surface area contributed by atoms with Crippen LogP contribution in [0.15, 0.2) is 103 Å². The lowest BCUT2D eigenvalue weighted by Crippen LogP contribution is -2.45. The second-order valence-electron chi connectivity index (χ2n) is 21.3. The molecule has 0 saturated carbocycles. The van der Waals surface area contributed by atoms with Crippen LogP contribution >= 0.6 is 0 Å². The fraction of sp³-hybridized carbons (Fsp3) is 0.302. The number of carboxylic acids is 1.